The molecule has 1 saturated heterocycles. The molecule has 0 unspecified atom stereocenters. The van der Waals surface area contributed by atoms with E-state index < -0.39 is 11.9 Å². The van der Waals surface area contributed by atoms with Gasteiger partial charge in [0.05, 0.1) is 5.56 Å². The molecule has 26 heavy (non-hydrogen) atoms. The van der Waals surface area contributed by atoms with Crippen molar-refractivity contribution in [2.75, 3.05) is 6.54 Å². The largest absolute Gasteiger partial charge is 0.507 e. The van der Waals surface area contributed by atoms with Crippen molar-refractivity contribution in [1.82, 2.24) is 10.2 Å². The van der Waals surface area contributed by atoms with E-state index in [9.17, 15) is 14.7 Å². The average Bonchev–Trinajstić information content (AvgIpc) is 2.90. The molecule has 0 radical (unpaired) electrons. The predicted molar refractivity (Wildman–Crippen MR) is 106 cm³/mol. The average molecular weight is 372 g/mol. The van der Waals surface area contributed by atoms with Crippen molar-refractivity contribution in [3.63, 3.8) is 0 Å². The van der Waals surface area contributed by atoms with Crippen molar-refractivity contribution < 1.29 is 14.7 Å². The zero-order chi connectivity index (χ0) is 18.0. The van der Waals surface area contributed by atoms with Crippen LogP contribution in [0.5, 0.6) is 5.75 Å². The van der Waals surface area contributed by atoms with E-state index in [0.29, 0.717) is 19.5 Å². The lowest BCUT2D eigenvalue weighted by molar-refractivity contribution is -0.129. The highest BCUT2D eigenvalue weighted by atomic mass is 32.1. The van der Waals surface area contributed by atoms with Crippen LogP contribution in [0.25, 0.3) is 0 Å². The Labute approximate surface area is 160 Å². The lowest BCUT2D eigenvalue weighted by Crippen LogP contribution is -2.41. The quantitative estimate of drug-likeness (QED) is 0.867. The van der Waals surface area contributed by atoms with E-state index in [1.54, 1.807) is 17.0 Å². The molecule has 3 rings (SSSR count). The standard InChI is InChI=1S/C20H22N2O3.H2S/c1-13-4-3-5-15(10-13)12-22-9-8-17(20(22)25)21-19(24)16-11-14(2)6-7-18(16)23;/h3-7,10-11,17,23H,8-9,12H2,1-2H3,(H,21,24);1H2/t17-;/m0./s1. The molecule has 0 saturated carbocycles. The van der Waals surface area contributed by atoms with Crippen LogP contribution < -0.4 is 5.32 Å². The molecule has 2 N–H and O–H groups in total. The van der Waals surface area contributed by atoms with Crippen molar-refractivity contribution in [2.45, 2.75) is 32.9 Å². The molecule has 0 aliphatic carbocycles. The molecule has 1 heterocycles. The fourth-order valence-corrected chi connectivity index (χ4v) is 3.13. The minimum absolute atomic E-state index is 0. The first-order valence-electron chi connectivity index (χ1n) is 8.39. The van der Waals surface area contributed by atoms with Gasteiger partial charge in [0, 0.05) is 13.1 Å². The Morgan fingerprint density at radius 2 is 1.92 bits per heavy atom. The molecule has 1 aliphatic rings. The van der Waals surface area contributed by atoms with Crippen molar-refractivity contribution in [2.24, 2.45) is 0 Å². The van der Waals surface area contributed by atoms with Gasteiger partial charge in [-0.05, 0) is 38.0 Å². The van der Waals surface area contributed by atoms with Gasteiger partial charge in [0.1, 0.15) is 11.8 Å². The summed E-state index contributed by atoms with van der Waals surface area (Å²) < 4.78 is 0. The third-order valence-corrected chi connectivity index (χ3v) is 4.46. The smallest absolute Gasteiger partial charge is 0.255 e. The third kappa shape index (κ3) is 4.38. The molecule has 138 valence electrons. The Hall–Kier alpha value is -2.47. The van der Waals surface area contributed by atoms with Crippen LogP contribution in [0, 0.1) is 13.8 Å². The molecule has 2 aromatic carbocycles. The van der Waals surface area contributed by atoms with Gasteiger partial charge >= 0.3 is 0 Å². The van der Waals surface area contributed by atoms with Gasteiger partial charge in [0.25, 0.3) is 5.91 Å². The molecule has 5 nitrogen and oxygen atoms in total. The Morgan fingerprint density at radius 1 is 1.19 bits per heavy atom. The van der Waals surface area contributed by atoms with Crippen LogP contribution in [0.1, 0.15) is 33.5 Å². The van der Waals surface area contributed by atoms with E-state index >= 15 is 0 Å². The van der Waals surface area contributed by atoms with Crippen LogP contribution in [-0.4, -0.2) is 34.4 Å². The number of rotatable bonds is 4. The fraction of sp³-hybridized carbons (Fsp3) is 0.300. The number of phenolic OH excluding ortho intramolecular Hbond substituents is 1. The zero-order valence-corrected chi connectivity index (χ0v) is 16.0. The summed E-state index contributed by atoms with van der Waals surface area (Å²) in [6.45, 7) is 5.02. The summed E-state index contributed by atoms with van der Waals surface area (Å²) in [5, 5.41) is 12.6. The van der Waals surface area contributed by atoms with Gasteiger partial charge in [-0.2, -0.15) is 13.5 Å². The van der Waals surface area contributed by atoms with Gasteiger partial charge in [-0.15, -0.1) is 0 Å². The number of aryl methyl sites for hydroxylation is 2. The number of carbonyl (C=O) groups is 2. The topological polar surface area (TPSA) is 69.6 Å². The number of carbonyl (C=O) groups excluding carboxylic acids is 2. The van der Waals surface area contributed by atoms with Gasteiger partial charge in [-0.3, -0.25) is 9.59 Å². The van der Waals surface area contributed by atoms with Gasteiger partial charge < -0.3 is 15.3 Å². The predicted octanol–water partition coefficient (Wildman–Crippen LogP) is 2.65. The molecule has 0 aromatic heterocycles. The van der Waals surface area contributed by atoms with Gasteiger partial charge in [0.2, 0.25) is 5.91 Å². The van der Waals surface area contributed by atoms with Gasteiger partial charge in [-0.1, -0.05) is 41.5 Å². The van der Waals surface area contributed by atoms with Crippen molar-refractivity contribution in [3.8, 4) is 5.75 Å². The number of nitrogens with one attached hydrogen (secondary N) is 1. The van der Waals surface area contributed by atoms with E-state index in [1.165, 1.54) is 6.07 Å². The maximum Gasteiger partial charge on any atom is 0.255 e. The number of aromatic hydroxyl groups is 1. The summed E-state index contributed by atoms with van der Waals surface area (Å²) >= 11 is 0. The first-order valence-corrected chi connectivity index (χ1v) is 8.39. The highest BCUT2D eigenvalue weighted by Gasteiger charge is 2.33. The number of phenols is 1. The molecule has 0 spiro atoms. The lowest BCUT2D eigenvalue weighted by atomic mass is 10.1. The van der Waals surface area contributed by atoms with Crippen LogP contribution in [-0.2, 0) is 11.3 Å². The van der Waals surface area contributed by atoms with Crippen LogP contribution in [0.15, 0.2) is 42.5 Å². The monoisotopic (exact) mass is 372 g/mol. The summed E-state index contributed by atoms with van der Waals surface area (Å²) in [5.74, 6) is -0.580. The molecule has 1 fully saturated rings. The second kappa shape index (κ2) is 8.27. The maximum atomic E-state index is 12.6. The second-order valence-electron chi connectivity index (χ2n) is 6.58. The molecule has 1 aliphatic heterocycles. The first-order chi connectivity index (χ1) is 11.9. The number of likely N-dealkylation sites (tertiary alicyclic amines) is 1. The van der Waals surface area contributed by atoms with E-state index in [4.69, 9.17) is 0 Å². The highest BCUT2D eigenvalue weighted by Crippen LogP contribution is 2.20. The van der Waals surface area contributed by atoms with Gasteiger partial charge in [0.15, 0.2) is 0 Å². The van der Waals surface area contributed by atoms with Crippen molar-refractivity contribution in [3.05, 3.63) is 64.7 Å². The Kier molecular flexibility index (Phi) is 6.32. The first kappa shape index (κ1) is 19.8. The Balaban J connectivity index is 0.00000243. The molecule has 6 heteroatoms. The molecule has 2 amide bonds. The molecule has 0 bridgehead atoms. The number of benzene rings is 2. The third-order valence-electron chi connectivity index (χ3n) is 4.46. The normalized spacial score (nSPS) is 16.3. The van der Waals surface area contributed by atoms with E-state index in [-0.39, 0.29) is 30.7 Å². The minimum atomic E-state index is -0.544. The number of hydrogen-bond donors (Lipinski definition) is 2. The molecule has 1 atom stereocenters. The zero-order valence-electron chi connectivity index (χ0n) is 15.0. The maximum absolute atomic E-state index is 12.6. The number of amides is 2. The van der Waals surface area contributed by atoms with Crippen LogP contribution in [0.2, 0.25) is 0 Å². The SMILES string of the molecule is Cc1cccc(CN2CC[C@H](NC(=O)c3cc(C)ccc3O)C2=O)c1.S. The fourth-order valence-electron chi connectivity index (χ4n) is 3.13. The summed E-state index contributed by atoms with van der Waals surface area (Å²) in [5.41, 5.74) is 3.31. The van der Waals surface area contributed by atoms with Gasteiger partial charge in [-0.25, -0.2) is 0 Å². The Morgan fingerprint density at radius 3 is 2.65 bits per heavy atom. The summed E-state index contributed by atoms with van der Waals surface area (Å²) in [4.78, 5) is 26.7. The van der Waals surface area contributed by atoms with E-state index in [1.807, 2.05) is 32.0 Å². The Bertz CT molecular complexity index is 822. The van der Waals surface area contributed by atoms with E-state index in [2.05, 4.69) is 11.4 Å². The lowest BCUT2D eigenvalue weighted by Gasteiger charge is -2.18. The molecular weight excluding hydrogens is 348 g/mol. The molecule has 2 aromatic rings. The van der Waals surface area contributed by atoms with Crippen molar-refractivity contribution >= 4 is 25.3 Å². The minimum Gasteiger partial charge on any atom is -0.507 e. The van der Waals surface area contributed by atoms with Crippen LogP contribution >= 0.6 is 13.5 Å². The van der Waals surface area contributed by atoms with Crippen LogP contribution in [0.3, 0.4) is 0 Å². The van der Waals surface area contributed by atoms with Crippen molar-refractivity contribution in [1.29, 1.82) is 0 Å². The van der Waals surface area contributed by atoms with Crippen LogP contribution in [0.4, 0.5) is 0 Å². The summed E-state index contributed by atoms with van der Waals surface area (Å²) in [7, 11) is 0. The summed E-state index contributed by atoms with van der Waals surface area (Å²) in [6.07, 6.45) is 0.572. The highest BCUT2D eigenvalue weighted by molar-refractivity contribution is 7.59. The molecular formula is C20H24N2O3S. The van der Waals surface area contributed by atoms with E-state index in [0.717, 1.165) is 16.7 Å². The number of nitrogens with zero attached hydrogens (tertiary/aromatic N) is 1. The number of hydrogen-bond acceptors (Lipinski definition) is 3. The summed E-state index contributed by atoms with van der Waals surface area (Å²) in [6, 6.07) is 12.4. The second-order valence-corrected chi connectivity index (χ2v) is 6.58.